The number of nitriles is 1. The van der Waals surface area contributed by atoms with Crippen LogP contribution in [0.5, 0.6) is 0 Å². The van der Waals surface area contributed by atoms with Crippen LogP contribution in [-0.2, 0) is 0 Å². The second kappa shape index (κ2) is 5.48. The van der Waals surface area contributed by atoms with E-state index >= 15 is 0 Å². The molecule has 1 atom stereocenters. The van der Waals surface area contributed by atoms with Gasteiger partial charge in [0, 0.05) is 18.3 Å². The summed E-state index contributed by atoms with van der Waals surface area (Å²) in [5.41, 5.74) is 2.13. The Balaban J connectivity index is 1.90. The molecule has 0 aliphatic carbocycles. The summed E-state index contributed by atoms with van der Waals surface area (Å²) in [6.07, 6.45) is 3.59. The molecule has 0 bridgehead atoms. The van der Waals surface area contributed by atoms with Crippen molar-refractivity contribution in [2.45, 2.75) is 33.0 Å². The first kappa shape index (κ1) is 14.1. The molecule has 2 aromatic heterocycles. The summed E-state index contributed by atoms with van der Waals surface area (Å²) in [4.78, 5) is 14.6. The van der Waals surface area contributed by atoms with Crippen molar-refractivity contribution in [1.82, 2.24) is 15.0 Å². The van der Waals surface area contributed by atoms with Gasteiger partial charge in [0.2, 0.25) is 5.82 Å². The van der Waals surface area contributed by atoms with E-state index in [1.54, 1.807) is 12.3 Å². The summed E-state index contributed by atoms with van der Waals surface area (Å²) >= 11 is 0. The lowest BCUT2D eigenvalue weighted by atomic mass is 10.2. The van der Waals surface area contributed by atoms with E-state index in [4.69, 9.17) is 5.26 Å². The van der Waals surface area contributed by atoms with Crippen LogP contribution in [-0.4, -0.2) is 27.2 Å². The highest BCUT2D eigenvalue weighted by atomic mass is 15.3. The minimum Gasteiger partial charge on any atom is -0.362 e. The van der Waals surface area contributed by atoms with E-state index in [0.29, 0.717) is 17.7 Å². The first-order valence-corrected chi connectivity index (χ1v) is 7.13. The highest BCUT2D eigenvalue weighted by molar-refractivity contribution is 5.78. The minimum atomic E-state index is 0.130. The molecule has 0 radical (unpaired) electrons. The highest BCUT2D eigenvalue weighted by Crippen LogP contribution is 2.37. The lowest BCUT2D eigenvalue weighted by molar-refractivity contribution is 0.638. The number of anilines is 4. The van der Waals surface area contributed by atoms with Crippen LogP contribution in [0, 0.1) is 11.3 Å². The van der Waals surface area contributed by atoms with Crippen LogP contribution in [0.1, 0.15) is 26.6 Å². The zero-order valence-corrected chi connectivity index (χ0v) is 12.7. The van der Waals surface area contributed by atoms with Crippen LogP contribution in [0.15, 0.2) is 24.5 Å². The van der Waals surface area contributed by atoms with Gasteiger partial charge in [-0.05, 0) is 26.8 Å². The number of hydrogen-bond donors (Lipinski definition) is 2. The molecule has 7 nitrogen and oxygen atoms in total. The van der Waals surface area contributed by atoms with Crippen molar-refractivity contribution in [3.05, 3.63) is 30.4 Å². The Bertz CT molecular complexity index is 735. The minimum absolute atomic E-state index is 0.130. The average Bonchev–Trinajstić information content (AvgIpc) is 2.82. The lowest BCUT2D eigenvalue weighted by Gasteiger charge is -2.28. The zero-order chi connectivity index (χ0) is 15.7. The molecule has 0 saturated carbocycles. The third kappa shape index (κ3) is 2.51. The molecule has 1 aliphatic rings. The Morgan fingerprint density at radius 3 is 2.91 bits per heavy atom. The first-order valence-electron chi connectivity index (χ1n) is 7.13. The van der Waals surface area contributed by atoms with Crippen molar-refractivity contribution >= 4 is 23.0 Å². The number of hydrogen-bond acceptors (Lipinski definition) is 7. The quantitative estimate of drug-likeness (QED) is 0.899. The Morgan fingerprint density at radius 2 is 2.18 bits per heavy atom. The summed E-state index contributed by atoms with van der Waals surface area (Å²) in [6, 6.07) is 5.99. The maximum absolute atomic E-state index is 8.85. The van der Waals surface area contributed by atoms with Crippen molar-refractivity contribution in [2.24, 2.45) is 0 Å². The van der Waals surface area contributed by atoms with Gasteiger partial charge in [-0.15, -0.1) is 0 Å². The molecule has 2 aromatic rings. The molecule has 3 rings (SSSR count). The van der Waals surface area contributed by atoms with Crippen LogP contribution >= 0.6 is 0 Å². The molecule has 1 aliphatic heterocycles. The van der Waals surface area contributed by atoms with E-state index in [0.717, 1.165) is 11.4 Å². The molecular formula is C15H17N7. The molecule has 7 heteroatoms. The topological polar surface area (TPSA) is 89.8 Å². The summed E-state index contributed by atoms with van der Waals surface area (Å²) in [5.74, 6) is 1.36. The fraction of sp³-hybridized carbons (Fsp3) is 0.333. The summed E-state index contributed by atoms with van der Waals surface area (Å²) < 4.78 is 0. The van der Waals surface area contributed by atoms with Gasteiger partial charge in [-0.25, -0.2) is 15.0 Å². The molecule has 112 valence electrons. The third-order valence-corrected chi connectivity index (χ3v) is 3.51. The maximum Gasteiger partial charge on any atom is 0.234 e. The molecule has 2 N–H and O–H groups in total. The predicted octanol–water partition coefficient (Wildman–Crippen LogP) is 2.47. The van der Waals surface area contributed by atoms with Crippen molar-refractivity contribution in [1.29, 1.82) is 5.26 Å². The van der Waals surface area contributed by atoms with Gasteiger partial charge in [0.15, 0.2) is 0 Å². The van der Waals surface area contributed by atoms with Crippen LogP contribution in [0.25, 0.3) is 0 Å². The largest absolute Gasteiger partial charge is 0.362 e. The predicted molar refractivity (Wildman–Crippen MR) is 85.0 cm³/mol. The van der Waals surface area contributed by atoms with Gasteiger partial charge < -0.3 is 15.5 Å². The molecule has 0 aromatic carbocycles. The summed E-state index contributed by atoms with van der Waals surface area (Å²) in [7, 11) is 0. The number of nitrogens with one attached hydrogen (secondary N) is 2. The Morgan fingerprint density at radius 1 is 1.36 bits per heavy atom. The van der Waals surface area contributed by atoms with Gasteiger partial charge in [0.1, 0.15) is 17.7 Å². The second-order valence-electron chi connectivity index (χ2n) is 5.41. The fourth-order valence-corrected chi connectivity index (χ4v) is 2.68. The van der Waals surface area contributed by atoms with Crippen molar-refractivity contribution < 1.29 is 0 Å². The van der Waals surface area contributed by atoms with Gasteiger partial charge in [-0.1, -0.05) is 0 Å². The number of pyridine rings is 1. The molecule has 3 heterocycles. The molecule has 0 fully saturated rings. The van der Waals surface area contributed by atoms with Crippen LogP contribution in [0.4, 0.5) is 23.0 Å². The normalized spacial score (nSPS) is 16.1. The zero-order valence-electron chi connectivity index (χ0n) is 12.7. The molecular weight excluding hydrogens is 278 g/mol. The van der Waals surface area contributed by atoms with E-state index in [2.05, 4.69) is 51.3 Å². The summed E-state index contributed by atoms with van der Waals surface area (Å²) in [5, 5.41) is 15.4. The molecule has 0 spiro atoms. The second-order valence-corrected chi connectivity index (χ2v) is 5.41. The standard InChI is InChI=1S/C15H17N7/c1-9(2)22-10(3)19-11-8-18-14(6-12(11)22)20-13-4-5-17-15(7-16)21-13/h4-6,8-10,19H,1-3H3,(H,17,18,20,21). The van der Waals surface area contributed by atoms with Gasteiger partial charge in [-0.2, -0.15) is 5.26 Å². The first-order chi connectivity index (χ1) is 10.6. The van der Waals surface area contributed by atoms with E-state index in [9.17, 15) is 0 Å². The van der Waals surface area contributed by atoms with E-state index in [1.807, 2.05) is 18.3 Å². The van der Waals surface area contributed by atoms with Crippen molar-refractivity contribution in [2.75, 3.05) is 15.5 Å². The van der Waals surface area contributed by atoms with E-state index in [1.165, 1.54) is 0 Å². The number of rotatable bonds is 3. The van der Waals surface area contributed by atoms with Gasteiger partial charge in [0.25, 0.3) is 0 Å². The fourth-order valence-electron chi connectivity index (χ4n) is 2.68. The van der Waals surface area contributed by atoms with Gasteiger partial charge in [-0.3, -0.25) is 0 Å². The maximum atomic E-state index is 8.85. The molecule has 22 heavy (non-hydrogen) atoms. The number of aromatic nitrogens is 3. The SMILES string of the molecule is CC(C)N1c2cc(Nc3ccnc(C#N)n3)ncc2NC1C. The molecule has 0 amide bonds. The Labute approximate surface area is 129 Å². The average molecular weight is 295 g/mol. The van der Waals surface area contributed by atoms with Crippen LogP contribution in [0.3, 0.4) is 0 Å². The number of nitrogens with zero attached hydrogens (tertiary/aromatic N) is 5. The molecule has 0 saturated heterocycles. The van der Waals surface area contributed by atoms with Crippen LogP contribution in [0.2, 0.25) is 0 Å². The van der Waals surface area contributed by atoms with Gasteiger partial charge in [0.05, 0.1) is 23.7 Å². The van der Waals surface area contributed by atoms with E-state index in [-0.39, 0.29) is 12.0 Å². The van der Waals surface area contributed by atoms with Crippen molar-refractivity contribution in [3.8, 4) is 6.07 Å². The molecule has 1 unspecified atom stereocenters. The lowest BCUT2D eigenvalue weighted by Crippen LogP contribution is -2.38. The Hall–Kier alpha value is -2.88. The van der Waals surface area contributed by atoms with Crippen LogP contribution < -0.4 is 15.5 Å². The summed E-state index contributed by atoms with van der Waals surface area (Å²) in [6.45, 7) is 6.44. The van der Waals surface area contributed by atoms with Crippen molar-refractivity contribution in [3.63, 3.8) is 0 Å². The Kier molecular flexibility index (Phi) is 3.51. The smallest absolute Gasteiger partial charge is 0.234 e. The number of fused-ring (bicyclic) bond motifs is 1. The highest BCUT2D eigenvalue weighted by Gasteiger charge is 2.27. The van der Waals surface area contributed by atoms with E-state index < -0.39 is 0 Å². The third-order valence-electron chi connectivity index (χ3n) is 3.51. The monoisotopic (exact) mass is 295 g/mol. The van der Waals surface area contributed by atoms with Gasteiger partial charge >= 0.3 is 0 Å².